The number of carbonyl (C=O) groups is 1. The summed E-state index contributed by atoms with van der Waals surface area (Å²) in [5.74, 6) is 0.801. The van der Waals surface area contributed by atoms with E-state index in [1.165, 1.54) is 0 Å². The van der Waals surface area contributed by atoms with Crippen molar-refractivity contribution < 1.29 is 4.79 Å². The van der Waals surface area contributed by atoms with Gasteiger partial charge in [0.2, 0.25) is 0 Å². The summed E-state index contributed by atoms with van der Waals surface area (Å²) in [7, 11) is 1.81. The molecule has 2 heteroatoms. The van der Waals surface area contributed by atoms with E-state index in [2.05, 4.69) is 5.32 Å². The maximum Gasteiger partial charge on any atom is 0.149 e. The maximum atomic E-state index is 10.7. The third-order valence-electron chi connectivity index (χ3n) is 1.38. The van der Waals surface area contributed by atoms with Gasteiger partial charge in [-0.3, -0.25) is 4.79 Å². The van der Waals surface area contributed by atoms with Crippen molar-refractivity contribution in [3.63, 3.8) is 0 Å². The Hall–Kier alpha value is -0.370. The highest BCUT2D eigenvalue weighted by atomic mass is 16.1. The van der Waals surface area contributed by atoms with Gasteiger partial charge in [0.1, 0.15) is 5.78 Å². The first-order valence-electron chi connectivity index (χ1n) is 3.02. The minimum atomic E-state index is 0.382. The first-order valence-corrected chi connectivity index (χ1v) is 3.02. The van der Waals surface area contributed by atoms with E-state index in [0.29, 0.717) is 18.2 Å². The van der Waals surface area contributed by atoms with Gasteiger partial charge in [-0.2, -0.15) is 0 Å². The standard InChI is InChI=1S/C6H11NO/c1-7-4-6(8)5-2-3-5/h5,7H,2-4H2,1H3. The molecule has 1 aliphatic carbocycles. The van der Waals surface area contributed by atoms with E-state index in [1.54, 1.807) is 7.05 Å². The molecule has 2 nitrogen and oxygen atoms in total. The molecule has 8 heavy (non-hydrogen) atoms. The van der Waals surface area contributed by atoms with Crippen molar-refractivity contribution in [1.82, 2.24) is 5.32 Å². The molecule has 46 valence electrons. The largest absolute Gasteiger partial charge is 0.313 e. The predicted octanol–water partition coefficient (Wildman–Crippen LogP) is 0.185. The lowest BCUT2D eigenvalue weighted by molar-refractivity contribution is -0.119. The smallest absolute Gasteiger partial charge is 0.149 e. The Morgan fingerprint density at radius 2 is 2.38 bits per heavy atom. The number of Topliss-reactive ketones (excluding diaryl/α,β-unsaturated/α-hetero) is 1. The summed E-state index contributed by atoms with van der Waals surface area (Å²) in [6.07, 6.45) is 2.25. The molecule has 0 heterocycles. The lowest BCUT2D eigenvalue weighted by Gasteiger charge is -1.92. The Morgan fingerprint density at radius 3 is 2.75 bits per heavy atom. The van der Waals surface area contributed by atoms with Gasteiger partial charge in [0.15, 0.2) is 0 Å². The zero-order valence-electron chi connectivity index (χ0n) is 5.11. The molecule has 0 spiro atoms. The molecule has 1 rings (SSSR count). The van der Waals surface area contributed by atoms with Gasteiger partial charge < -0.3 is 5.32 Å². The molecule has 1 saturated carbocycles. The first-order chi connectivity index (χ1) is 3.84. The highest BCUT2D eigenvalue weighted by Gasteiger charge is 2.28. The highest BCUT2D eigenvalue weighted by molar-refractivity contribution is 5.84. The average Bonchev–Trinajstić information content (AvgIpc) is 2.45. The Morgan fingerprint density at radius 1 is 1.75 bits per heavy atom. The van der Waals surface area contributed by atoms with Crippen molar-refractivity contribution in [1.29, 1.82) is 0 Å². The van der Waals surface area contributed by atoms with E-state index in [0.717, 1.165) is 12.8 Å². The topological polar surface area (TPSA) is 29.1 Å². The second kappa shape index (κ2) is 2.27. The van der Waals surface area contributed by atoms with Crippen molar-refractivity contribution >= 4 is 5.78 Å². The number of likely N-dealkylation sites (N-methyl/N-ethyl adjacent to an activating group) is 1. The highest BCUT2D eigenvalue weighted by Crippen LogP contribution is 2.29. The summed E-state index contributed by atoms with van der Waals surface area (Å²) in [6.45, 7) is 0.560. The zero-order valence-corrected chi connectivity index (χ0v) is 5.11. The van der Waals surface area contributed by atoms with Crippen molar-refractivity contribution in [2.75, 3.05) is 13.6 Å². The van der Waals surface area contributed by atoms with Crippen LogP contribution in [0.5, 0.6) is 0 Å². The van der Waals surface area contributed by atoms with Crippen LogP contribution >= 0.6 is 0 Å². The Labute approximate surface area is 49.3 Å². The molecule has 1 fully saturated rings. The number of ketones is 1. The van der Waals surface area contributed by atoms with Crippen LogP contribution in [0.15, 0.2) is 0 Å². The van der Waals surface area contributed by atoms with Crippen LogP contribution in [-0.2, 0) is 4.79 Å². The fraction of sp³-hybridized carbons (Fsp3) is 0.833. The quantitative estimate of drug-likeness (QED) is 0.566. The maximum absolute atomic E-state index is 10.7. The van der Waals surface area contributed by atoms with Crippen LogP contribution in [0.4, 0.5) is 0 Å². The van der Waals surface area contributed by atoms with Gasteiger partial charge in [-0.05, 0) is 19.9 Å². The molecule has 0 aromatic carbocycles. The second-order valence-corrected chi connectivity index (χ2v) is 2.27. The lowest BCUT2D eigenvalue weighted by atomic mass is 10.3. The zero-order chi connectivity index (χ0) is 5.98. The van der Waals surface area contributed by atoms with Gasteiger partial charge in [0.25, 0.3) is 0 Å². The molecule has 0 aromatic heterocycles. The fourth-order valence-electron chi connectivity index (χ4n) is 0.724. The molecule has 0 saturated heterocycles. The molecule has 0 unspecified atom stereocenters. The van der Waals surface area contributed by atoms with Crippen LogP contribution in [-0.4, -0.2) is 19.4 Å². The van der Waals surface area contributed by atoms with Gasteiger partial charge in [0, 0.05) is 5.92 Å². The Kier molecular flexibility index (Phi) is 1.63. The number of hydrogen-bond donors (Lipinski definition) is 1. The monoisotopic (exact) mass is 113 g/mol. The summed E-state index contributed by atoms with van der Waals surface area (Å²) in [6, 6.07) is 0. The normalized spacial score (nSPS) is 18.6. The van der Waals surface area contributed by atoms with Crippen LogP contribution in [0.3, 0.4) is 0 Å². The molecule has 0 amide bonds. The van der Waals surface area contributed by atoms with Crippen LogP contribution in [0.1, 0.15) is 12.8 Å². The van der Waals surface area contributed by atoms with E-state index in [1.807, 2.05) is 0 Å². The molecular weight excluding hydrogens is 102 g/mol. The summed E-state index contributed by atoms with van der Waals surface area (Å²) in [5, 5.41) is 2.84. The number of hydrogen-bond acceptors (Lipinski definition) is 2. The van der Waals surface area contributed by atoms with E-state index in [-0.39, 0.29) is 0 Å². The minimum absolute atomic E-state index is 0.382. The predicted molar refractivity (Wildman–Crippen MR) is 31.7 cm³/mol. The molecule has 0 radical (unpaired) electrons. The van der Waals surface area contributed by atoms with Crippen molar-refractivity contribution in [3.8, 4) is 0 Å². The van der Waals surface area contributed by atoms with Crippen molar-refractivity contribution in [2.45, 2.75) is 12.8 Å². The van der Waals surface area contributed by atoms with Gasteiger partial charge in [-0.25, -0.2) is 0 Å². The molecule has 0 aliphatic heterocycles. The van der Waals surface area contributed by atoms with Crippen molar-refractivity contribution in [3.05, 3.63) is 0 Å². The lowest BCUT2D eigenvalue weighted by Crippen LogP contribution is -2.19. The van der Waals surface area contributed by atoms with Gasteiger partial charge >= 0.3 is 0 Å². The first kappa shape index (κ1) is 5.76. The van der Waals surface area contributed by atoms with Gasteiger partial charge in [0.05, 0.1) is 6.54 Å². The van der Waals surface area contributed by atoms with E-state index < -0.39 is 0 Å². The van der Waals surface area contributed by atoms with Gasteiger partial charge in [-0.1, -0.05) is 0 Å². The minimum Gasteiger partial charge on any atom is -0.313 e. The third kappa shape index (κ3) is 1.30. The molecular formula is C6H11NO. The molecule has 0 bridgehead atoms. The van der Waals surface area contributed by atoms with E-state index >= 15 is 0 Å². The summed E-state index contributed by atoms with van der Waals surface area (Å²) in [5.41, 5.74) is 0. The Balaban J connectivity index is 2.13. The Bertz CT molecular complexity index is 96.7. The fourth-order valence-corrected chi connectivity index (χ4v) is 0.724. The molecule has 0 aromatic rings. The van der Waals surface area contributed by atoms with Gasteiger partial charge in [-0.15, -0.1) is 0 Å². The molecule has 0 atom stereocenters. The van der Waals surface area contributed by atoms with E-state index in [4.69, 9.17) is 0 Å². The number of rotatable bonds is 3. The van der Waals surface area contributed by atoms with Crippen molar-refractivity contribution in [2.24, 2.45) is 5.92 Å². The molecule has 1 aliphatic rings. The van der Waals surface area contributed by atoms with Crippen LogP contribution in [0, 0.1) is 5.92 Å². The van der Waals surface area contributed by atoms with Crippen LogP contribution < -0.4 is 5.32 Å². The summed E-state index contributed by atoms with van der Waals surface area (Å²) >= 11 is 0. The summed E-state index contributed by atoms with van der Waals surface area (Å²) in [4.78, 5) is 10.7. The van der Waals surface area contributed by atoms with Crippen LogP contribution in [0.2, 0.25) is 0 Å². The number of nitrogens with one attached hydrogen (secondary N) is 1. The summed E-state index contributed by atoms with van der Waals surface area (Å²) < 4.78 is 0. The average molecular weight is 113 g/mol. The number of carbonyl (C=O) groups excluding carboxylic acids is 1. The third-order valence-corrected chi connectivity index (χ3v) is 1.38. The SMILES string of the molecule is CNCC(=O)C1CC1. The molecule has 1 N–H and O–H groups in total. The second-order valence-electron chi connectivity index (χ2n) is 2.27. The van der Waals surface area contributed by atoms with E-state index in [9.17, 15) is 4.79 Å². The van der Waals surface area contributed by atoms with Crippen LogP contribution in [0.25, 0.3) is 0 Å².